The number of benzene rings is 1. The van der Waals surface area contributed by atoms with Gasteiger partial charge in [-0.2, -0.15) is 0 Å². The number of amides is 1. The number of hydrogen-bond donors (Lipinski definition) is 2. The minimum Gasteiger partial charge on any atom is -0.347 e. The first-order valence-electron chi connectivity index (χ1n) is 5.99. The molecule has 1 saturated heterocycles. The Kier molecular flexibility index (Phi) is 5.93. The zero-order valence-electron chi connectivity index (χ0n) is 10.6. The van der Waals surface area contributed by atoms with Crippen LogP contribution in [0.3, 0.4) is 0 Å². The van der Waals surface area contributed by atoms with Crippen LogP contribution in [0.2, 0.25) is 10.0 Å². The van der Waals surface area contributed by atoms with Gasteiger partial charge < -0.3 is 10.6 Å². The molecule has 106 valence electrons. The maximum Gasteiger partial charge on any atom is 0.253 e. The molecule has 0 atom stereocenters. The van der Waals surface area contributed by atoms with Crippen LogP contribution in [0.1, 0.15) is 30.1 Å². The highest BCUT2D eigenvalue weighted by molar-refractivity contribution is 6.43. The molecule has 0 bridgehead atoms. The molecule has 2 rings (SSSR count). The van der Waals surface area contributed by atoms with Crippen LogP contribution < -0.4 is 10.6 Å². The van der Waals surface area contributed by atoms with Gasteiger partial charge in [-0.15, -0.1) is 12.4 Å². The Labute approximate surface area is 129 Å². The Hall–Kier alpha value is -0.480. The van der Waals surface area contributed by atoms with Crippen LogP contribution in [0.4, 0.5) is 0 Å². The van der Waals surface area contributed by atoms with Gasteiger partial charge in [-0.3, -0.25) is 4.79 Å². The average Bonchev–Trinajstić information content (AvgIpc) is 2.33. The van der Waals surface area contributed by atoms with E-state index in [1.54, 1.807) is 18.2 Å². The summed E-state index contributed by atoms with van der Waals surface area (Å²) in [5, 5.41) is 7.05. The Morgan fingerprint density at radius 1 is 1.32 bits per heavy atom. The van der Waals surface area contributed by atoms with E-state index in [1.165, 1.54) is 0 Å². The minimum absolute atomic E-state index is 0. The lowest BCUT2D eigenvalue weighted by atomic mass is 9.90. The van der Waals surface area contributed by atoms with Crippen LogP contribution in [0.25, 0.3) is 0 Å². The molecule has 3 nitrogen and oxygen atoms in total. The zero-order chi connectivity index (χ0) is 13.2. The Morgan fingerprint density at radius 2 is 1.95 bits per heavy atom. The lowest BCUT2D eigenvalue weighted by Gasteiger charge is -2.35. The molecule has 0 aromatic heterocycles. The van der Waals surface area contributed by atoms with Crippen LogP contribution in [-0.4, -0.2) is 24.5 Å². The highest BCUT2D eigenvalue weighted by atomic mass is 35.5. The second-order valence-electron chi connectivity index (χ2n) is 4.87. The summed E-state index contributed by atoms with van der Waals surface area (Å²) in [5.41, 5.74) is 0.262. The highest BCUT2D eigenvalue weighted by Gasteiger charge is 2.29. The van der Waals surface area contributed by atoms with Crippen molar-refractivity contribution in [1.82, 2.24) is 10.6 Å². The first-order valence-corrected chi connectivity index (χ1v) is 6.75. The molecular weight excluding hydrogens is 307 g/mol. The number of piperidine rings is 1. The summed E-state index contributed by atoms with van der Waals surface area (Å²) >= 11 is 12.0. The molecule has 0 aliphatic carbocycles. The molecule has 1 fully saturated rings. The number of rotatable bonds is 2. The highest BCUT2D eigenvalue weighted by Crippen LogP contribution is 2.26. The van der Waals surface area contributed by atoms with E-state index < -0.39 is 0 Å². The topological polar surface area (TPSA) is 41.1 Å². The van der Waals surface area contributed by atoms with Gasteiger partial charge in [0.2, 0.25) is 0 Å². The zero-order valence-corrected chi connectivity index (χ0v) is 13.0. The van der Waals surface area contributed by atoms with Crippen molar-refractivity contribution < 1.29 is 4.79 Å². The van der Waals surface area contributed by atoms with Gasteiger partial charge in [-0.05, 0) is 45.0 Å². The Bertz CT molecular complexity index is 459. The van der Waals surface area contributed by atoms with E-state index in [0.29, 0.717) is 15.6 Å². The second kappa shape index (κ2) is 6.80. The van der Waals surface area contributed by atoms with Crippen LogP contribution in [0.5, 0.6) is 0 Å². The maximum atomic E-state index is 12.2. The molecule has 0 radical (unpaired) electrons. The fraction of sp³-hybridized carbons (Fsp3) is 0.462. The van der Waals surface area contributed by atoms with E-state index in [2.05, 4.69) is 17.6 Å². The molecule has 0 unspecified atom stereocenters. The molecule has 0 spiro atoms. The number of halogens is 3. The third kappa shape index (κ3) is 3.99. The summed E-state index contributed by atoms with van der Waals surface area (Å²) in [4.78, 5) is 12.2. The molecule has 2 N–H and O–H groups in total. The molecule has 1 aromatic rings. The molecule has 0 saturated carbocycles. The van der Waals surface area contributed by atoms with Crippen LogP contribution >= 0.6 is 35.6 Å². The standard InChI is InChI=1S/C13H16Cl2N2O.ClH/c1-13(5-7-16-8-6-13)17-12(18)9-3-2-4-10(14)11(9)15;/h2-4,16H,5-8H2,1H3,(H,17,18);1H. The van der Waals surface area contributed by atoms with Crippen molar-refractivity contribution >= 4 is 41.5 Å². The second-order valence-corrected chi connectivity index (χ2v) is 5.65. The molecule has 6 heteroatoms. The third-order valence-corrected chi connectivity index (χ3v) is 4.14. The molecule has 1 amide bonds. The first-order chi connectivity index (χ1) is 8.52. The van der Waals surface area contributed by atoms with Gasteiger partial charge >= 0.3 is 0 Å². The molecular formula is C13H17Cl3N2O. The van der Waals surface area contributed by atoms with E-state index in [9.17, 15) is 4.79 Å². The Morgan fingerprint density at radius 3 is 2.58 bits per heavy atom. The molecule has 1 aliphatic rings. The molecule has 1 aromatic carbocycles. The third-order valence-electron chi connectivity index (χ3n) is 3.32. The summed E-state index contributed by atoms with van der Waals surface area (Å²) < 4.78 is 0. The lowest BCUT2D eigenvalue weighted by molar-refractivity contribution is 0.0887. The number of carbonyl (C=O) groups is 1. The van der Waals surface area contributed by atoms with Crippen molar-refractivity contribution in [1.29, 1.82) is 0 Å². The minimum atomic E-state index is -0.173. The summed E-state index contributed by atoms with van der Waals surface area (Å²) in [6.07, 6.45) is 1.83. The normalized spacial score (nSPS) is 17.4. The Balaban J connectivity index is 0.00000180. The van der Waals surface area contributed by atoms with E-state index in [0.717, 1.165) is 25.9 Å². The van der Waals surface area contributed by atoms with Gasteiger partial charge in [-0.1, -0.05) is 29.3 Å². The SMILES string of the molecule is CC1(NC(=O)c2cccc(Cl)c2Cl)CCNCC1.Cl. The van der Waals surface area contributed by atoms with E-state index in [1.807, 2.05) is 0 Å². The number of nitrogens with one attached hydrogen (secondary N) is 2. The van der Waals surface area contributed by atoms with Crippen molar-refractivity contribution in [2.75, 3.05) is 13.1 Å². The lowest BCUT2D eigenvalue weighted by Crippen LogP contribution is -2.52. The van der Waals surface area contributed by atoms with Crippen molar-refractivity contribution in [3.05, 3.63) is 33.8 Å². The van der Waals surface area contributed by atoms with Crippen molar-refractivity contribution in [3.8, 4) is 0 Å². The fourth-order valence-corrected chi connectivity index (χ4v) is 2.51. The average molecular weight is 324 g/mol. The predicted octanol–water partition coefficient (Wildman–Crippen LogP) is 3.29. The summed E-state index contributed by atoms with van der Waals surface area (Å²) in [7, 11) is 0. The first kappa shape index (κ1) is 16.6. The van der Waals surface area contributed by atoms with E-state index in [-0.39, 0.29) is 23.9 Å². The van der Waals surface area contributed by atoms with Gasteiger partial charge in [0.25, 0.3) is 5.91 Å². The molecule has 19 heavy (non-hydrogen) atoms. The van der Waals surface area contributed by atoms with Crippen molar-refractivity contribution in [3.63, 3.8) is 0 Å². The van der Waals surface area contributed by atoms with Crippen LogP contribution in [0, 0.1) is 0 Å². The smallest absolute Gasteiger partial charge is 0.253 e. The van der Waals surface area contributed by atoms with E-state index in [4.69, 9.17) is 23.2 Å². The van der Waals surface area contributed by atoms with Gasteiger partial charge in [0.1, 0.15) is 0 Å². The number of carbonyl (C=O) groups excluding carboxylic acids is 1. The van der Waals surface area contributed by atoms with Gasteiger partial charge in [0.05, 0.1) is 15.6 Å². The predicted molar refractivity (Wildman–Crippen MR) is 81.7 cm³/mol. The van der Waals surface area contributed by atoms with Gasteiger partial charge in [-0.25, -0.2) is 0 Å². The monoisotopic (exact) mass is 322 g/mol. The molecule has 1 aliphatic heterocycles. The summed E-state index contributed by atoms with van der Waals surface area (Å²) in [6.45, 7) is 3.89. The van der Waals surface area contributed by atoms with Gasteiger partial charge in [0, 0.05) is 5.54 Å². The fourth-order valence-electron chi connectivity index (χ4n) is 2.12. The number of hydrogen-bond acceptors (Lipinski definition) is 2. The quantitative estimate of drug-likeness (QED) is 0.877. The largest absolute Gasteiger partial charge is 0.347 e. The van der Waals surface area contributed by atoms with Crippen LogP contribution in [-0.2, 0) is 0 Å². The molecule has 1 heterocycles. The summed E-state index contributed by atoms with van der Waals surface area (Å²) in [6, 6.07) is 5.09. The van der Waals surface area contributed by atoms with E-state index >= 15 is 0 Å². The van der Waals surface area contributed by atoms with Gasteiger partial charge in [0.15, 0.2) is 0 Å². The van der Waals surface area contributed by atoms with Crippen LogP contribution in [0.15, 0.2) is 18.2 Å². The van der Waals surface area contributed by atoms with Crippen molar-refractivity contribution in [2.45, 2.75) is 25.3 Å². The maximum absolute atomic E-state index is 12.2. The van der Waals surface area contributed by atoms with Crippen molar-refractivity contribution in [2.24, 2.45) is 0 Å². The summed E-state index contributed by atoms with van der Waals surface area (Å²) in [5.74, 6) is -0.160.